The summed E-state index contributed by atoms with van der Waals surface area (Å²) in [4.78, 5) is 23.5. The third-order valence-corrected chi connectivity index (χ3v) is 3.48. The van der Waals surface area contributed by atoms with E-state index in [4.69, 9.17) is 4.74 Å². The van der Waals surface area contributed by atoms with Crippen LogP contribution in [0.3, 0.4) is 0 Å². The van der Waals surface area contributed by atoms with Crippen molar-refractivity contribution in [1.82, 2.24) is 0 Å². The maximum absolute atomic E-state index is 11.9. The monoisotopic (exact) mass is 360 g/mol. The Hall–Kier alpha value is -0.910. The van der Waals surface area contributed by atoms with Crippen LogP contribution in [0.25, 0.3) is 0 Å². The summed E-state index contributed by atoms with van der Waals surface area (Å²) in [7, 11) is 1.59. The summed E-state index contributed by atoms with van der Waals surface area (Å²) in [5.41, 5.74) is 0.574. The standard InChI is InChI=1S/C14H17IO3/c1-3-4-5-11(16)9-13(17)10-6-7-14(18-2)12(15)8-10/h6-8H,3-5,9H2,1-2H3. The molecule has 0 amide bonds. The molecule has 0 fully saturated rings. The first-order valence-corrected chi connectivity index (χ1v) is 7.04. The molecule has 1 aromatic rings. The molecule has 1 rings (SSSR count). The van der Waals surface area contributed by atoms with Gasteiger partial charge in [-0.2, -0.15) is 0 Å². The van der Waals surface area contributed by atoms with Gasteiger partial charge in [0, 0.05) is 12.0 Å². The quantitative estimate of drug-likeness (QED) is 0.424. The van der Waals surface area contributed by atoms with E-state index >= 15 is 0 Å². The van der Waals surface area contributed by atoms with E-state index in [2.05, 4.69) is 22.6 Å². The number of benzene rings is 1. The van der Waals surface area contributed by atoms with E-state index in [1.165, 1.54) is 0 Å². The largest absolute Gasteiger partial charge is 0.496 e. The van der Waals surface area contributed by atoms with Gasteiger partial charge in [-0.15, -0.1) is 0 Å². The third-order valence-electron chi connectivity index (χ3n) is 2.64. The second-order valence-corrected chi connectivity index (χ2v) is 5.25. The number of ether oxygens (including phenoxy) is 1. The van der Waals surface area contributed by atoms with Crippen molar-refractivity contribution in [2.75, 3.05) is 7.11 Å². The van der Waals surface area contributed by atoms with Crippen molar-refractivity contribution in [3.8, 4) is 5.75 Å². The summed E-state index contributed by atoms with van der Waals surface area (Å²) in [5.74, 6) is 0.647. The Morgan fingerprint density at radius 3 is 2.61 bits per heavy atom. The molecule has 0 N–H and O–H groups in total. The molecule has 0 aliphatic rings. The molecule has 0 aliphatic carbocycles. The lowest BCUT2D eigenvalue weighted by molar-refractivity contribution is -0.118. The predicted molar refractivity (Wildman–Crippen MR) is 79.2 cm³/mol. The van der Waals surface area contributed by atoms with Crippen molar-refractivity contribution in [2.24, 2.45) is 0 Å². The van der Waals surface area contributed by atoms with Crippen LogP contribution in [0.5, 0.6) is 5.75 Å². The molecule has 1 aromatic carbocycles. The Kier molecular flexibility index (Phi) is 6.32. The zero-order valence-electron chi connectivity index (χ0n) is 10.7. The van der Waals surface area contributed by atoms with Crippen LogP contribution in [0.15, 0.2) is 18.2 Å². The molecule has 18 heavy (non-hydrogen) atoms. The van der Waals surface area contributed by atoms with Crippen LogP contribution < -0.4 is 4.74 Å². The molecule has 0 unspecified atom stereocenters. The maximum atomic E-state index is 11.9. The minimum atomic E-state index is -0.114. The Morgan fingerprint density at radius 2 is 2.06 bits per heavy atom. The summed E-state index contributed by atoms with van der Waals surface area (Å²) in [6, 6.07) is 5.22. The first kappa shape index (κ1) is 15.1. The Morgan fingerprint density at radius 1 is 1.33 bits per heavy atom. The molecule has 3 nitrogen and oxygen atoms in total. The van der Waals surface area contributed by atoms with Gasteiger partial charge < -0.3 is 4.74 Å². The number of hydrogen-bond acceptors (Lipinski definition) is 3. The number of rotatable bonds is 7. The van der Waals surface area contributed by atoms with Gasteiger partial charge in [0.2, 0.25) is 0 Å². The highest BCUT2D eigenvalue weighted by Gasteiger charge is 2.13. The molecule has 0 radical (unpaired) electrons. The molecule has 0 spiro atoms. The van der Waals surface area contributed by atoms with Crippen LogP contribution in [0.1, 0.15) is 43.0 Å². The van der Waals surface area contributed by atoms with Crippen molar-refractivity contribution in [3.05, 3.63) is 27.3 Å². The second kappa shape index (κ2) is 7.51. The Labute approximate surface area is 121 Å². The van der Waals surface area contributed by atoms with Gasteiger partial charge in [-0.3, -0.25) is 9.59 Å². The van der Waals surface area contributed by atoms with Gasteiger partial charge in [-0.25, -0.2) is 0 Å². The third kappa shape index (κ3) is 4.40. The molecular weight excluding hydrogens is 343 g/mol. The van der Waals surface area contributed by atoms with E-state index in [0.717, 1.165) is 22.2 Å². The topological polar surface area (TPSA) is 43.4 Å². The molecule has 0 aliphatic heterocycles. The maximum Gasteiger partial charge on any atom is 0.170 e. The van der Waals surface area contributed by atoms with Gasteiger partial charge >= 0.3 is 0 Å². The highest BCUT2D eigenvalue weighted by atomic mass is 127. The SMILES string of the molecule is CCCCC(=O)CC(=O)c1ccc(OC)c(I)c1. The van der Waals surface area contributed by atoms with E-state index in [9.17, 15) is 9.59 Å². The molecule has 0 bridgehead atoms. The smallest absolute Gasteiger partial charge is 0.170 e. The molecule has 0 saturated carbocycles. The normalized spacial score (nSPS) is 10.2. The van der Waals surface area contributed by atoms with Gasteiger partial charge in [0.25, 0.3) is 0 Å². The van der Waals surface area contributed by atoms with Gasteiger partial charge in [-0.1, -0.05) is 13.3 Å². The number of ketones is 2. The fourth-order valence-electron chi connectivity index (χ4n) is 1.58. The fourth-order valence-corrected chi connectivity index (χ4v) is 2.32. The van der Waals surface area contributed by atoms with Crippen molar-refractivity contribution in [1.29, 1.82) is 0 Å². The number of Topliss-reactive ketones (excluding diaryl/α,β-unsaturated/α-hetero) is 2. The van der Waals surface area contributed by atoms with Gasteiger partial charge in [0.05, 0.1) is 17.1 Å². The first-order valence-electron chi connectivity index (χ1n) is 5.97. The van der Waals surface area contributed by atoms with Crippen LogP contribution in [-0.2, 0) is 4.79 Å². The van der Waals surface area contributed by atoms with E-state index in [-0.39, 0.29) is 18.0 Å². The summed E-state index contributed by atoms with van der Waals surface area (Å²) < 4.78 is 6.00. The van der Waals surface area contributed by atoms with E-state index in [0.29, 0.717) is 12.0 Å². The number of carbonyl (C=O) groups is 2. The van der Waals surface area contributed by atoms with E-state index in [1.807, 2.05) is 6.92 Å². The summed E-state index contributed by atoms with van der Waals surface area (Å²) in [5, 5.41) is 0. The van der Waals surface area contributed by atoms with Gasteiger partial charge in [-0.05, 0) is 47.2 Å². The second-order valence-electron chi connectivity index (χ2n) is 4.09. The van der Waals surface area contributed by atoms with Crippen LogP contribution in [0.2, 0.25) is 0 Å². The minimum absolute atomic E-state index is 0.00239. The van der Waals surface area contributed by atoms with E-state index in [1.54, 1.807) is 25.3 Å². The Bertz CT molecular complexity index is 441. The lowest BCUT2D eigenvalue weighted by atomic mass is 10.0. The van der Waals surface area contributed by atoms with Crippen LogP contribution >= 0.6 is 22.6 Å². The van der Waals surface area contributed by atoms with Crippen LogP contribution in [0.4, 0.5) is 0 Å². The molecule has 0 saturated heterocycles. The molecule has 0 heterocycles. The zero-order chi connectivity index (χ0) is 13.5. The zero-order valence-corrected chi connectivity index (χ0v) is 12.8. The van der Waals surface area contributed by atoms with Crippen LogP contribution in [-0.4, -0.2) is 18.7 Å². The highest BCUT2D eigenvalue weighted by Crippen LogP contribution is 2.22. The lowest BCUT2D eigenvalue weighted by Crippen LogP contribution is -2.08. The minimum Gasteiger partial charge on any atom is -0.496 e. The molecule has 0 atom stereocenters. The van der Waals surface area contributed by atoms with Crippen molar-refractivity contribution in [2.45, 2.75) is 32.6 Å². The van der Waals surface area contributed by atoms with Crippen LogP contribution in [0, 0.1) is 3.57 Å². The summed E-state index contributed by atoms with van der Waals surface area (Å²) >= 11 is 2.11. The average Bonchev–Trinajstić information content (AvgIpc) is 2.36. The van der Waals surface area contributed by atoms with Gasteiger partial charge in [0.15, 0.2) is 5.78 Å². The van der Waals surface area contributed by atoms with Crippen molar-refractivity contribution >= 4 is 34.2 Å². The molecule has 0 aromatic heterocycles. The summed E-state index contributed by atoms with van der Waals surface area (Å²) in [6.07, 6.45) is 2.32. The van der Waals surface area contributed by atoms with Gasteiger partial charge in [0.1, 0.15) is 11.5 Å². The molecule has 98 valence electrons. The molecular formula is C14H17IO3. The summed E-state index contributed by atoms with van der Waals surface area (Å²) in [6.45, 7) is 2.03. The van der Waals surface area contributed by atoms with E-state index < -0.39 is 0 Å². The molecule has 4 heteroatoms. The number of unbranched alkanes of at least 4 members (excludes halogenated alkanes) is 1. The number of methoxy groups -OCH3 is 1. The Balaban J connectivity index is 2.67. The predicted octanol–water partition coefficient (Wildman–Crippen LogP) is 3.63. The lowest BCUT2D eigenvalue weighted by Gasteiger charge is -2.05. The average molecular weight is 360 g/mol. The number of carbonyl (C=O) groups excluding carboxylic acids is 2. The first-order chi connectivity index (χ1) is 8.58. The number of hydrogen-bond donors (Lipinski definition) is 0. The van der Waals surface area contributed by atoms with Crippen molar-refractivity contribution in [3.63, 3.8) is 0 Å². The fraction of sp³-hybridized carbons (Fsp3) is 0.429. The van der Waals surface area contributed by atoms with Crippen molar-refractivity contribution < 1.29 is 14.3 Å². The number of halogens is 1. The highest BCUT2D eigenvalue weighted by molar-refractivity contribution is 14.1.